The zero-order valence-corrected chi connectivity index (χ0v) is 11.7. The molecule has 1 aromatic carbocycles. The van der Waals surface area contributed by atoms with Crippen LogP contribution in [0.2, 0.25) is 0 Å². The van der Waals surface area contributed by atoms with Gasteiger partial charge in [0.05, 0.1) is 5.69 Å². The lowest BCUT2D eigenvalue weighted by atomic mass is 9.80. The van der Waals surface area contributed by atoms with Gasteiger partial charge in [-0.25, -0.2) is 0 Å². The third kappa shape index (κ3) is 5.04. The maximum absolute atomic E-state index is 11.4. The molecule has 7 heteroatoms. The summed E-state index contributed by atoms with van der Waals surface area (Å²) in [5, 5.41) is 20.9. The second-order valence-electron chi connectivity index (χ2n) is 4.47. The molecule has 0 saturated carbocycles. The largest absolute Gasteiger partial charge is 0.490 e. The van der Waals surface area contributed by atoms with E-state index in [1.165, 1.54) is 12.1 Å². The zero-order valence-electron chi connectivity index (χ0n) is 11.7. The Hall–Kier alpha value is -1.83. The second kappa shape index (κ2) is 7.69. The van der Waals surface area contributed by atoms with Gasteiger partial charge in [-0.1, -0.05) is 12.6 Å². The van der Waals surface area contributed by atoms with Crippen molar-refractivity contribution >= 4 is 24.2 Å². The van der Waals surface area contributed by atoms with Crippen LogP contribution < -0.4 is 15.5 Å². The average molecular weight is 278 g/mol. The number of hydrogen-bond acceptors (Lipinski definition) is 5. The lowest BCUT2D eigenvalue weighted by Gasteiger charge is -2.15. The summed E-state index contributed by atoms with van der Waals surface area (Å²) < 4.78 is 5.57. The number of likely N-dealkylation sites (N-methyl/N-ethyl adjacent to an activating group) is 1. The first kappa shape index (κ1) is 16.2. The molecule has 20 heavy (non-hydrogen) atoms. The molecule has 3 N–H and O–H groups in total. The summed E-state index contributed by atoms with van der Waals surface area (Å²) in [4.78, 5) is 13.3. The molecule has 108 valence electrons. The summed E-state index contributed by atoms with van der Waals surface area (Å²) in [6.07, 6.45) is 1.13. The van der Waals surface area contributed by atoms with Gasteiger partial charge in [-0.15, -0.1) is 0 Å². The predicted octanol–water partition coefficient (Wildman–Crippen LogP) is -0.569. The van der Waals surface area contributed by atoms with Crippen LogP contribution in [0, 0.1) is 0 Å². The average Bonchev–Trinajstić information content (AvgIpc) is 2.39. The molecule has 0 aliphatic heterocycles. The molecule has 1 aromatic rings. The van der Waals surface area contributed by atoms with Crippen LogP contribution in [0.5, 0.6) is 5.75 Å². The number of rotatable bonds is 7. The first-order chi connectivity index (χ1) is 9.43. The van der Waals surface area contributed by atoms with Crippen molar-refractivity contribution in [3.05, 3.63) is 30.9 Å². The maximum Gasteiger partial charge on any atom is 0.488 e. The van der Waals surface area contributed by atoms with Gasteiger partial charge >= 0.3 is 7.12 Å². The van der Waals surface area contributed by atoms with Crippen molar-refractivity contribution in [1.82, 2.24) is 4.90 Å². The monoisotopic (exact) mass is 278 g/mol. The molecule has 1 amide bonds. The smallest absolute Gasteiger partial charge is 0.488 e. The molecule has 0 fully saturated rings. The second-order valence-corrected chi connectivity index (χ2v) is 4.47. The molecule has 0 aliphatic rings. The Balaban J connectivity index is 2.90. The number of carbonyl (C=O) groups is 1. The molecule has 0 spiro atoms. The Morgan fingerprint density at radius 3 is 2.75 bits per heavy atom. The van der Waals surface area contributed by atoms with Crippen LogP contribution in [-0.4, -0.2) is 55.2 Å². The summed E-state index contributed by atoms with van der Waals surface area (Å²) in [6.45, 7) is 4.54. The molecule has 0 heterocycles. The molecule has 0 radical (unpaired) electrons. The van der Waals surface area contributed by atoms with Crippen LogP contribution in [0.3, 0.4) is 0 Å². The van der Waals surface area contributed by atoms with Crippen LogP contribution in [0.15, 0.2) is 30.9 Å². The first-order valence-corrected chi connectivity index (χ1v) is 6.15. The molecule has 0 aromatic heterocycles. The summed E-state index contributed by atoms with van der Waals surface area (Å²) in [5.74, 6) is 0.0680. The van der Waals surface area contributed by atoms with E-state index in [9.17, 15) is 4.79 Å². The minimum absolute atomic E-state index is 0.268. The highest BCUT2D eigenvalue weighted by atomic mass is 16.5. The molecular formula is C13H19BN2O4. The van der Waals surface area contributed by atoms with Crippen LogP contribution in [0.4, 0.5) is 5.69 Å². The van der Waals surface area contributed by atoms with E-state index in [0.717, 1.165) is 12.6 Å². The topological polar surface area (TPSA) is 82.0 Å². The van der Waals surface area contributed by atoms with E-state index in [1.54, 1.807) is 6.07 Å². The minimum atomic E-state index is -1.61. The fourth-order valence-electron chi connectivity index (χ4n) is 1.45. The minimum Gasteiger partial charge on any atom is -0.490 e. The standard InChI is InChI=1S/C13H19BN2O4/c1-4-13(17)15-11-9-10(14(18)19)5-6-12(11)20-8-7-16(2)3/h4-6,9,18-19H,1,7-8H2,2-3H3,(H,15,17). The highest BCUT2D eigenvalue weighted by Crippen LogP contribution is 2.23. The number of nitrogens with one attached hydrogen (secondary N) is 1. The highest BCUT2D eigenvalue weighted by Gasteiger charge is 2.15. The van der Waals surface area contributed by atoms with E-state index < -0.39 is 13.0 Å². The van der Waals surface area contributed by atoms with E-state index in [-0.39, 0.29) is 5.46 Å². The van der Waals surface area contributed by atoms with Crippen LogP contribution in [0.1, 0.15) is 0 Å². The zero-order chi connectivity index (χ0) is 15.1. The van der Waals surface area contributed by atoms with Gasteiger partial charge in [0.1, 0.15) is 12.4 Å². The van der Waals surface area contributed by atoms with Gasteiger partial charge in [-0.2, -0.15) is 0 Å². The molecule has 0 atom stereocenters. The molecule has 0 unspecified atom stereocenters. The van der Waals surface area contributed by atoms with E-state index >= 15 is 0 Å². The third-order valence-electron chi connectivity index (χ3n) is 2.54. The maximum atomic E-state index is 11.4. The number of hydrogen-bond donors (Lipinski definition) is 3. The fourth-order valence-corrected chi connectivity index (χ4v) is 1.45. The van der Waals surface area contributed by atoms with Gasteiger partial charge in [0.25, 0.3) is 0 Å². The van der Waals surface area contributed by atoms with Gasteiger partial charge in [0, 0.05) is 6.54 Å². The van der Waals surface area contributed by atoms with Crippen LogP contribution in [0.25, 0.3) is 0 Å². The van der Waals surface area contributed by atoms with Crippen molar-refractivity contribution in [3.8, 4) is 5.75 Å². The Labute approximate surface area is 118 Å². The predicted molar refractivity (Wildman–Crippen MR) is 79.1 cm³/mol. The number of carbonyl (C=O) groups excluding carboxylic acids is 1. The number of anilines is 1. The van der Waals surface area contributed by atoms with Gasteiger partial charge in [-0.3, -0.25) is 4.79 Å². The van der Waals surface area contributed by atoms with Crippen molar-refractivity contribution in [2.75, 3.05) is 32.6 Å². The Morgan fingerprint density at radius 2 is 2.20 bits per heavy atom. The van der Waals surface area contributed by atoms with E-state index in [1.807, 2.05) is 19.0 Å². The Kier molecular flexibility index (Phi) is 6.24. The normalized spacial score (nSPS) is 10.2. The van der Waals surface area contributed by atoms with Crippen molar-refractivity contribution in [1.29, 1.82) is 0 Å². The van der Waals surface area contributed by atoms with Crippen LogP contribution >= 0.6 is 0 Å². The number of benzene rings is 1. The fraction of sp³-hybridized carbons (Fsp3) is 0.308. The van der Waals surface area contributed by atoms with Gasteiger partial charge in [0.15, 0.2) is 0 Å². The van der Waals surface area contributed by atoms with Crippen molar-refractivity contribution in [2.24, 2.45) is 0 Å². The SMILES string of the molecule is C=CC(=O)Nc1cc(B(O)O)ccc1OCCN(C)C. The third-order valence-corrected chi connectivity index (χ3v) is 2.54. The lowest BCUT2D eigenvalue weighted by molar-refractivity contribution is -0.111. The van der Waals surface area contributed by atoms with Crippen LogP contribution in [-0.2, 0) is 4.79 Å². The molecule has 6 nitrogen and oxygen atoms in total. The van der Waals surface area contributed by atoms with Gasteiger partial charge in [-0.05, 0) is 37.8 Å². The number of amides is 1. The van der Waals surface area contributed by atoms with Crippen molar-refractivity contribution < 1.29 is 19.6 Å². The van der Waals surface area contributed by atoms with E-state index in [0.29, 0.717) is 18.0 Å². The summed E-state index contributed by atoms with van der Waals surface area (Å²) in [7, 11) is 2.24. The molecule has 1 rings (SSSR count). The Morgan fingerprint density at radius 1 is 1.50 bits per heavy atom. The first-order valence-electron chi connectivity index (χ1n) is 6.15. The quantitative estimate of drug-likeness (QED) is 0.460. The Bertz CT molecular complexity index is 477. The van der Waals surface area contributed by atoms with Gasteiger partial charge in [0.2, 0.25) is 5.91 Å². The van der Waals surface area contributed by atoms with E-state index in [2.05, 4.69) is 11.9 Å². The lowest BCUT2D eigenvalue weighted by Crippen LogP contribution is -2.30. The highest BCUT2D eigenvalue weighted by molar-refractivity contribution is 6.58. The summed E-state index contributed by atoms with van der Waals surface area (Å²) in [5.41, 5.74) is 0.642. The summed E-state index contributed by atoms with van der Waals surface area (Å²) >= 11 is 0. The van der Waals surface area contributed by atoms with Crippen molar-refractivity contribution in [3.63, 3.8) is 0 Å². The van der Waals surface area contributed by atoms with E-state index in [4.69, 9.17) is 14.8 Å². The number of nitrogens with zero attached hydrogens (tertiary/aromatic N) is 1. The molecular weight excluding hydrogens is 259 g/mol. The molecule has 0 bridgehead atoms. The molecule has 0 aliphatic carbocycles. The number of ether oxygens (including phenoxy) is 1. The van der Waals surface area contributed by atoms with Crippen molar-refractivity contribution in [2.45, 2.75) is 0 Å². The van der Waals surface area contributed by atoms with Gasteiger partial charge < -0.3 is 25.0 Å². The molecule has 0 saturated heterocycles. The summed E-state index contributed by atoms with van der Waals surface area (Å²) in [6, 6.07) is 4.57.